The zero-order valence-electron chi connectivity index (χ0n) is 12.3. The van der Waals surface area contributed by atoms with Gasteiger partial charge in [0.15, 0.2) is 0 Å². The fraction of sp³-hybridized carbons (Fsp3) is 0.278. The molecule has 1 aromatic carbocycles. The molecule has 0 aliphatic rings. The standard InChI is InChI=1S/C18H20N2/c1-4-14(3)15-5-7-16(8-6-15)17-12-20-10-9-13(2)11-18(20)19-17/h5-12,14H,4H2,1-3H3. The maximum absolute atomic E-state index is 4.70. The SMILES string of the molecule is CCC(C)c1ccc(-c2cn3ccc(C)cc3n2)cc1. The smallest absolute Gasteiger partial charge is 0.137 e. The maximum Gasteiger partial charge on any atom is 0.137 e. The van der Waals surface area contributed by atoms with Gasteiger partial charge in [-0.3, -0.25) is 0 Å². The summed E-state index contributed by atoms with van der Waals surface area (Å²) in [5.74, 6) is 0.618. The van der Waals surface area contributed by atoms with E-state index < -0.39 is 0 Å². The Morgan fingerprint density at radius 3 is 2.60 bits per heavy atom. The molecule has 2 aromatic heterocycles. The Morgan fingerprint density at radius 2 is 1.90 bits per heavy atom. The van der Waals surface area contributed by atoms with Crippen LogP contribution in [0, 0.1) is 6.92 Å². The number of imidazole rings is 1. The Kier molecular flexibility index (Phi) is 3.31. The van der Waals surface area contributed by atoms with Crippen LogP contribution in [0.2, 0.25) is 0 Å². The van der Waals surface area contributed by atoms with Gasteiger partial charge in [0.1, 0.15) is 5.65 Å². The fourth-order valence-electron chi connectivity index (χ4n) is 2.44. The van der Waals surface area contributed by atoms with Crippen LogP contribution in [0.25, 0.3) is 16.9 Å². The average Bonchev–Trinajstić information content (AvgIpc) is 2.89. The van der Waals surface area contributed by atoms with Crippen molar-refractivity contribution in [3.05, 3.63) is 59.9 Å². The highest BCUT2D eigenvalue weighted by molar-refractivity contribution is 5.63. The third-order valence-corrected chi connectivity index (χ3v) is 4.00. The van der Waals surface area contributed by atoms with Gasteiger partial charge in [-0.25, -0.2) is 4.98 Å². The second-order valence-corrected chi connectivity index (χ2v) is 5.53. The molecule has 3 aromatic rings. The maximum atomic E-state index is 4.70. The summed E-state index contributed by atoms with van der Waals surface area (Å²) in [6.07, 6.45) is 5.33. The molecule has 0 aliphatic heterocycles. The van der Waals surface area contributed by atoms with Crippen LogP contribution in [0.1, 0.15) is 37.3 Å². The summed E-state index contributed by atoms with van der Waals surface area (Å²) in [4.78, 5) is 4.70. The Bertz CT molecular complexity index is 723. The van der Waals surface area contributed by atoms with Crippen molar-refractivity contribution in [2.75, 3.05) is 0 Å². The molecule has 0 spiro atoms. The quantitative estimate of drug-likeness (QED) is 0.662. The number of aromatic nitrogens is 2. The van der Waals surface area contributed by atoms with Crippen LogP contribution in [0.15, 0.2) is 48.8 Å². The molecule has 1 unspecified atom stereocenters. The molecule has 0 aliphatic carbocycles. The number of hydrogen-bond donors (Lipinski definition) is 0. The number of nitrogens with zero attached hydrogens (tertiary/aromatic N) is 2. The molecule has 0 fully saturated rings. The van der Waals surface area contributed by atoms with E-state index in [0.29, 0.717) is 5.92 Å². The monoisotopic (exact) mass is 264 g/mol. The molecule has 0 saturated carbocycles. The second-order valence-electron chi connectivity index (χ2n) is 5.53. The average molecular weight is 264 g/mol. The first-order valence-corrected chi connectivity index (χ1v) is 7.23. The van der Waals surface area contributed by atoms with E-state index in [-0.39, 0.29) is 0 Å². The molecule has 0 radical (unpaired) electrons. The lowest BCUT2D eigenvalue weighted by atomic mass is 9.97. The molecule has 0 N–H and O–H groups in total. The minimum absolute atomic E-state index is 0.618. The summed E-state index contributed by atoms with van der Waals surface area (Å²) >= 11 is 0. The van der Waals surface area contributed by atoms with Crippen LogP contribution < -0.4 is 0 Å². The van der Waals surface area contributed by atoms with Crippen molar-refractivity contribution in [1.82, 2.24) is 9.38 Å². The highest BCUT2D eigenvalue weighted by Gasteiger charge is 2.06. The van der Waals surface area contributed by atoms with Gasteiger partial charge >= 0.3 is 0 Å². The van der Waals surface area contributed by atoms with Gasteiger partial charge in [-0.15, -0.1) is 0 Å². The normalized spacial score (nSPS) is 12.8. The Labute approximate surface area is 120 Å². The Balaban J connectivity index is 1.98. The second kappa shape index (κ2) is 5.12. The van der Waals surface area contributed by atoms with Gasteiger partial charge in [0, 0.05) is 18.0 Å². The molecule has 0 bridgehead atoms. The van der Waals surface area contributed by atoms with Gasteiger partial charge in [0.2, 0.25) is 0 Å². The van der Waals surface area contributed by atoms with Gasteiger partial charge < -0.3 is 4.40 Å². The third kappa shape index (κ3) is 2.34. The van der Waals surface area contributed by atoms with Crippen LogP contribution in [0.4, 0.5) is 0 Å². The van der Waals surface area contributed by atoms with Gasteiger partial charge in [0.25, 0.3) is 0 Å². The van der Waals surface area contributed by atoms with Crippen molar-refractivity contribution in [3.8, 4) is 11.3 Å². The van der Waals surface area contributed by atoms with E-state index in [1.165, 1.54) is 23.1 Å². The summed E-state index contributed by atoms with van der Waals surface area (Å²) in [6.45, 7) is 6.58. The van der Waals surface area contributed by atoms with Gasteiger partial charge in [-0.1, -0.05) is 38.1 Å². The fourth-order valence-corrected chi connectivity index (χ4v) is 2.44. The van der Waals surface area contributed by atoms with Gasteiger partial charge in [0.05, 0.1) is 5.69 Å². The number of benzene rings is 1. The molecule has 3 rings (SSSR count). The molecular weight excluding hydrogens is 244 g/mol. The van der Waals surface area contributed by atoms with Crippen molar-refractivity contribution in [2.24, 2.45) is 0 Å². The van der Waals surface area contributed by atoms with Crippen molar-refractivity contribution < 1.29 is 0 Å². The first-order chi connectivity index (χ1) is 9.67. The number of hydrogen-bond acceptors (Lipinski definition) is 1. The highest BCUT2D eigenvalue weighted by atomic mass is 15.0. The van der Waals surface area contributed by atoms with Crippen LogP contribution in [0.5, 0.6) is 0 Å². The Hall–Kier alpha value is -2.09. The van der Waals surface area contributed by atoms with Crippen LogP contribution in [-0.4, -0.2) is 9.38 Å². The van der Waals surface area contributed by atoms with Gasteiger partial charge in [-0.05, 0) is 42.5 Å². The topological polar surface area (TPSA) is 17.3 Å². The zero-order chi connectivity index (χ0) is 14.1. The predicted octanol–water partition coefficient (Wildman–Crippen LogP) is 4.82. The number of aryl methyl sites for hydroxylation is 1. The van der Waals surface area contributed by atoms with E-state index in [1.54, 1.807) is 0 Å². The van der Waals surface area contributed by atoms with Crippen molar-refractivity contribution >= 4 is 5.65 Å². The van der Waals surface area contributed by atoms with Crippen molar-refractivity contribution in [3.63, 3.8) is 0 Å². The summed E-state index contributed by atoms with van der Waals surface area (Å²) in [5.41, 5.74) is 5.85. The van der Waals surface area contributed by atoms with E-state index in [2.05, 4.69) is 74.0 Å². The minimum atomic E-state index is 0.618. The Morgan fingerprint density at radius 1 is 1.15 bits per heavy atom. The highest BCUT2D eigenvalue weighted by Crippen LogP contribution is 2.24. The third-order valence-electron chi connectivity index (χ3n) is 4.00. The lowest BCUT2D eigenvalue weighted by Gasteiger charge is -2.08. The van der Waals surface area contributed by atoms with E-state index in [1.807, 2.05) is 0 Å². The van der Waals surface area contributed by atoms with Crippen molar-refractivity contribution in [1.29, 1.82) is 0 Å². The molecule has 2 nitrogen and oxygen atoms in total. The molecule has 0 amide bonds. The van der Waals surface area contributed by atoms with E-state index in [9.17, 15) is 0 Å². The summed E-state index contributed by atoms with van der Waals surface area (Å²) in [5, 5.41) is 0. The van der Waals surface area contributed by atoms with Crippen molar-refractivity contribution in [2.45, 2.75) is 33.1 Å². The first-order valence-electron chi connectivity index (χ1n) is 7.23. The lowest BCUT2D eigenvalue weighted by molar-refractivity contribution is 0.734. The van der Waals surface area contributed by atoms with Crippen LogP contribution >= 0.6 is 0 Å². The number of pyridine rings is 1. The lowest BCUT2D eigenvalue weighted by Crippen LogP contribution is -1.90. The molecule has 1 atom stereocenters. The summed E-state index contributed by atoms with van der Waals surface area (Å²) in [7, 11) is 0. The van der Waals surface area contributed by atoms with E-state index in [4.69, 9.17) is 4.98 Å². The van der Waals surface area contributed by atoms with Gasteiger partial charge in [-0.2, -0.15) is 0 Å². The molecular formula is C18H20N2. The van der Waals surface area contributed by atoms with E-state index in [0.717, 1.165) is 11.3 Å². The molecule has 102 valence electrons. The van der Waals surface area contributed by atoms with Crippen LogP contribution in [0.3, 0.4) is 0 Å². The summed E-state index contributed by atoms with van der Waals surface area (Å²) < 4.78 is 2.07. The predicted molar refractivity (Wildman–Crippen MR) is 84.1 cm³/mol. The number of fused-ring (bicyclic) bond motifs is 1. The zero-order valence-corrected chi connectivity index (χ0v) is 12.3. The minimum Gasteiger partial charge on any atom is -0.306 e. The van der Waals surface area contributed by atoms with Crippen LogP contribution in [-0.2, 0) is 0 Å². The molecule has 0 saturated heterocycles. The first kappa shape index (κ1) is 12.9. The molecule has 2 heterocycles. The largest absolute Gasteiger partial charge is 0.306 e. The summed E-state index contributed by atoms with van der Waals surface area (Å²) in [6, 6.07) is 13.0. The molecule has 20 heavy (non-hydrogen) atoms. The number of rotatable bonds is 3. The van der Waals surface area contributed by atoms with E-state index >= 15 is 0 Å². The molecule has 2 heteroatoms.